The first-order valence-electron chi connectivity index (χ1n) is 6.27. The minimum absolute atomic E-state index is 0.0139. The second kappa shape index (κ2) is 5.16. The molecule has 20 heavy (non-hydrogen) atoms. The van der Waals surface area contributed by atoms with E-state index in [4.69, 9.17) is 4.52 Å². The average molecular weight is 271 g/mol. The van der Waals surface area contributed by atoms with E-state index in [0.29, 0.717) is 5.69 Å². The van der Waals surface area contributed by atoms with Gasteiger partial charge in [0.1, 0.15) is 18.0 Å². The quantitative estimate of drug-likeness (QED) is 0.899. The SMILES string of the molecule is O=C1NCC(=O)N(Cc2ccon2)C1c1ccccc1. The molecule has 2 heterocycles. The molecule has 3 rings (SSSR count). The van der Waals surface area contributed by atoms with Crippen molar-refractivity contribution in [3.05, 3.63) is 53.9 Å². The van der Waals surface area contributed by atoms with E-state index in [-0.39, 0.29) is 24.9 Å². The van der Waals surface area contributed by atoms with Gasteiger partial charge in [0.2, 0.25) is 11.8 Å². The van der Waals surface area contributed by atoms with Gasteiger partial charge in [0.05, 0.1) is 13.1 Å². The lowest BCUT2D eigenvalue weighted by molar-refractivity contribution is -0.146. The Balaban J connectivity index is 1.93. The normalized spacial score (nSPS) is 19.0. The number of hydrogen-bond donors (Lipinski definition) is 1. The molecule has 2 aromatic rings. The van der Waals surface area contributed by atoms with Crippen molar-refractivity contribution in [3.63, 3.8) is 0 Å². The van der Waals surface area contributed by atoms with E-state index < -0.39 is 6.04 Å². The van der Waals surface area contributed by atoms with Crippen LogP contribution in [0.3, 0.4) is 0 Å². The molecule has 1 fully saturated rings. The first-order valence-corrected chi connectivity index (χ1v) is 6.27. The summed E-state index contributed by atoms with van der Waals surface area (Å²) in [6.45, 7) is 0.266. The summed E-state index contributed by atoms with van der Waals surface area (Å²) in [5.74, 6) is -0.319. The van der Waals surface area contributed by atoms with Crippen LogP contribution in [0.1, 0.15) is 17.3 Å². The largest absolute Gasteiger partial charge is 0.364 e. The molecular weight excluding hydrogens is 258 g/mol. The van der Waals surface area contributed by atoms with E-state index in [1.807, 2.05) is 30.3 Å². The molecule has 0 aliphatic carbocycles. The van der Waals surface area contributed by atoms with Crippen LogP contribution in [0, 0.1) is 0 Å². The molecule has 1 aliphatic heterocycles. The summed E-state index contributed by atoms with van der Waals surface area (Å²) in [6, 6.07) is 10.3. The zero-order chi connectivity index (χ0) is 13.9. The molecule has 0 spiro atoms. The van der Waals surface area contributed by atoms with Gasteiger partial charge in [0.15, 0.2) is 0 Å². The lowest BCUT2D eigenvalue weighted by Gasteiger charge is -2.34. The van der Waals surface area contributed by atoms with Crippen LogP contribution in [-0.4, -0.2) is 28.4 Å². The fraction of sp³-hybridized carbons (Fsp3) is 0.214. The number of rotatable bonds is 3. The van der Waals surface area contributed by atoms with Crippen molar-refractivity contribution in [2.75, 3.05) is 6.54 Å². The monoisotopic (exact) mass is 271 g/mol. The van der Waals surface area contributed by atoms with Gasteiger partial charge in [0.25, 0.3) is 0 Å². The molecule has 6 heteroatoms. The van der Waals surface area contributed by atoms with Crippen molar-refractivity contribution in [2.45, 2.75) is 12.6 Å². The van der Waals surface area contributed by atoms with Crippen molar-refractivity contribution in [1.29, 1.82) is 0 Å². The fourth-order valence-corrected chi connectivity index (χ4v) is 2.29. The second-order valence-corrected chi connectivity index (χ2v) is 4.54. The Morgan fingerprint density at radius 3 is 2.75 bits per heavy atom. The second-order valence-electron chi connectivity index (χ2n) is 4.54. The van der Waals surface area contributed by atoms with E-state index >= 15 is 0 Å². The first kappa shape index (κ1) is 12.4. The van der Waals surface area contributed by atoms with Crippen LogP contribution in [0.5, 0.6) is 0 Å². The van der Waals surface area contributed by atoms with Gasteiger partial charge in [-0.15, -0.1) is 0 Å². The number of nitrogens with one attached hydrogen (secondary N) is 1. The molecule has 1 N–H and O–H groups in total. The highest BCUT2D eigenvalue weighted by Gasteiger charge is 2.35. The van der Waals surface area contributed by atoms with E-state index in [9.17, 15) is 9.59 Å². The predicted molar refractivity (Wildman–Crippen MR) is 69.2 cm³/mol. The Morgan fingerprint density at radius 1 is 1.25 bits per heavy atom. The van der Waals surface area contributed by atoms with Crippen LogP contribution in [-0.2, 0) is 16.1 Å². The first-order chi connectivity index (χ1) is 9.75. The van der Waals surface area contributed by atoms with Crippen molar-refractivity contribution < 1.29 is 14.1 Å². The minimum atomic E-state index is -0.630. The number of hydrogen-bond acceptors (Lipinski definition) is 4. The fourth-order valence-electron chi connectivity index (χ4n) is 2.29. The van der Waals surface area contributed by atoms with E-state index in [0.717, 1.165) is 5.56 Å². The van der Waals surface area contributed by atoms with Gasteiger partial charge in [-0.3, -0.25) is 9.59 Å². The molecule has 0 radical (unpaired) electrons. The number of carbonyl (C=O) groups excluding carboxylic acids is 2. The Hall–Kier alpha value is -2.63. The zero-order valence-electron chi connectivity index (χ0n) is 10.7. The van der Waals surface area contributed by atoms with E-state index in [1.54, 1.807) is 6.07 Å². The molecule has 6 nitrogen and oxygen atoms in total. The molecule has 1 aromatic carbocycles. The van der Waals surface area contributed by atoms with Gasteiger partial charge in [-0.1, -0.05) is 35.5 Å². The number of carbonyl (C=O) groups is 2. The lowest BCUT2D eigenvalue weighted by atomic mass is 10.0. The highest BCUT2D eigenvalue weighted by Crippen LogP contribution is 2.25. The summed E-state index contributed by atoms with van der Waals surface area (Å²) >= 11 is 0. The molecule has 102 valence electrons. The summed E-state index contributed by atoms with van der Waals surface area (Å²) in [7, 11) is 0. The Morgan fingerprint density at radius 2 is 2.05 bits per heavy atom. The minimum Gasteiger partial charge on any atom is -0.364 e. The lowest BCUT2D eigenvalue weighted by Crippen LogP contribution is -2.53. The number of amides is 2. The Kier molecular flexibility index (Phi) is 3.20. The van der Waals surface area contributed by atoms with Gasteiger partial charge < -0.3 is 14.7 Å². The predicted octanol–water partition coefficient (Wildman–Crippen LogP) is 0.874. The molecule has 1 aliphatic rings. The standard InChI is InChI=1S/C14H13N3O3/c18-12-8-15-14(19)13(10-4-2-1-3-5-10)17(12)9-11-6-7-20-16-11/h1-7,13H,8-9H2,(H,15,19). The maximum atomic E-state index is 12.1. The summed E-state index contributed by atoms with van der Waals surface area (Å²) in [6.07, 6.45) is 1.45. The van der Waals surface area contributed by atoms with E-state index in [1.165, 1.54) is 11.2 Å². The van der Waals surface area contributed by atoms with E-state index in [2.05, 4.69) is 10.5 Å². The molecule has 1 atom stereocenters. The summed E-state index contributed by atoms with van der Waals surface area (Å²) in [5.41, 5.74) is 1.40. The zero-order valence-corrected chi connectivity index (χ0v) is 10.7. The molecule has 0 bridgehead atoms. The van der Waals surface area contributed by atoms with Gasteiger partial charge >= 0.3 is 0 Å². The number of aromatic nitrogens is 1. The van der Waals surface area contributed by atoms with Crippen molar-refractivity contribution >= 4 is 11.8 Å². The van der Waals surface area contributed by atoms with Crippen LogP contribution >= 0.6 is 0 Å². The van der Waals surface area contributed by atoms with Crippen molar-refractivity contribution in [1.82, 2.24) is 15.4 Å². The summed E-state index contributed by atoms with van der Waals surface area (Å²) in [5, 5.41) is 6.41. The van der Waals surface area contributed by atoms with Crippen molar-refractivity contribution in [3.8, 4) is 0 Å². The number of nitrogens with zero attached hydrogens (tertiary/aromatic N) is 2. The Labute approximate surface area is 115 Å². The Bertz CT molecular complexity index is 610. The van der Waals surface area contributed by atoms with Gasteiger partial charge in [-0.25, -0.2) is 0 Å². The topological polar surface area (TPSA) is 75.4 Å². The maximum absolute atomic E-state index is 12.1. The maximum Gasteiger partial charge on any atom is 0.247 e. The van der Waals surface area contributed by atoms with Crippen molar-refractivity contribution in [2.24, 2.45) is 0 Å². The smallest absolute Gasteiger partial charge is 0.247 e. The van der Waals surface area contributed by atoms with Crippen LogP contribution in [0.25, 0.3) is 0 Å². The van der Waals surface area contributed by atoms with Crippen LogP contribution in [0.2, 0.25) is 0 Å². The molecule has 1 unspecified atom stereocenters. The average Bonchev–Trinajstić information content (AvgIpc) is 2.97. The molecule has 1 saturated heterocycles. The van der Waals surface area contributed by atoms with Gasteiger partial charge in [-0.2, -0.15) is 0 Å². The highest BCUT2D eigenvalue weighted by atomic mass is 16.5. The summed E-state index contributed by atoms with van der Waals surface area (Å²) in [4.78, 5) is 25.8. The third kappa shape index (κ3) is 2.27. The van der Waals surface area contributed by atoms with Crippen LogP contribution < -0.4 is 5.32 Å². The highest BCUT2D eigenvalue weighted by molar-refractivity contribution is 5.95. The van der Waals surface area contributed by atoms with Crippen LogP contribution in [0.15, 0.2) is 47.2 Å². The van der Waals surface area contributed by atoms with Crippen LogP contribution in [0.4, 0.5) is 0 Å². The molecule has 1 aromatic heterocycles. The third-order valence-corrected chi connectivity index (χ3v) is 3.23. The number of benzene rings is 1. The van der Waals surface area contributed by atoms with Gasteiger partial charge in [0, 0.05) is 6.07 Å². The number of piperazine rings is 1. The summed E-state index contributed by atoms with van der Waals surface area (Å²) < 4.78 is 4.77. The van der Waals surface area contributed by atoms with Gasteiger partial charge in [-0.05, 0) is 5.56 Å². The molecule has 0 saturated carbocycles. The third-order valence-electron chi connectivity index (χ3n) is 3.23. The molecular formula is C14H13N3O3. The molecule has 2 amide bonds.